The fourth-order valence-electron chi connectivity index (χ4n) is 0.940. The van der Waals surface area contributed by atoms with Gasteiger partial charge in [0.05, 0.1) is 11.6 Å². The Morgan fingerprint density at radius 1 is 1.50 bits per heavy atom. The van der Waals surface area contributed by atoms with Gasteiger partial charge in [0.1, 0.15) is 5.15 Å². The second-order valence-electron chi connectivity index (χ2n) is 2.61. The molecule has 0 aliphatic heterocycles. The van der Waals surface area contributed by atoms with Crippen molar-refractivity contribution < 1.29 is 0 Å². The van der Waals surface area contributed by atoms with Crippen molar-refractivity contribution in [2.24, 2.45) is 0 Å². The molecule has 0 bridgehead atoms. The van der Waals surface area contributed by atoms with E-state index in [9.17, 15) is 0 Å². The molecule has 0 aliphatic rings. The number of pyridine rings is 1. The monoisotopic (exact) mass is 228 g/mol. The molecule has 1 rings (SSSR count). The fraction of sp³-hybridized carbons (Fsp3) is 0.300. The molecule has 14 heavy (non-hydrogen) atoms. The highest BCUT2D eigenvalue weighted by molar-refractivity contribution is 6.41. The van der Waals surface area contributed by atoms with E-state index in [0.29, 0.717) is 23.3 Å². The van der Waals surface area contributed by atoms with Crippen LogP contribution in [0.4, 0.5) is 0 Å². The second-order valence-corrected chi connectivity index (χ2v) is 3.34. The Kier molecular flexibility index (Phi) is 4.75. The number of nitrogens with one attached hydrogen (secondary N) is 1. The Hall–Kier alpha value is -0.750. The van der Waals surface area contributed by atoms with Crippen LogP contribution >= 0.6 is 23.2 Å². The molecule has 1 N–H and O–H groups in total. The molecule has 0 spiro atoms. The number of hydrogen-bond acceptors (Lipinski definition) is 2. The van der Waals surface area contributed by atoms with Gasteiger partial charge in [0.25, 0.3) is 0 Å². The van der Waals surface area contributed by atoms with Crippen LogP contribution in [-0.2, 0) is 6.54 Å². The summed E-state index contributed by atoms with van der Waals surface area (Å²) in [7, 11) is 0. The van der Waals surface area contributed by atoms with Gasteiger partial charge < -0.3 is 5.32 Å². The number of rotatable bonds is 3. The lowest BCUT2D eigenvalue weighted by Crippen LogP contribution is -2.13. The first kappa shape index (κ1) is 11.3. The largest absolute Gasteiger partial charge is 0.302 e. The fourth-order valence-corrected chi connectivity index (χ4v) is 1.30. The first-order valence-corrected chi connectivity index (χ1v) is 4.90. The van der Waals surface area contributed by atoms with Gasteiger partial charge in [-0.1, -0.05) is 29.1 Å². The topological polar surface area (TPSA) is 24.9 Å². The SMILES string of the molecule is CC#CCNCc1ccnc(Cl)c1Cl. The minimum atomic E-state index is 0.340. The van der Waals surface area contributed by atoms with Gasteiger partial charge in [-0.2, -0.15) is 0 Å². The van der Waals surface area contributed by atoms with Crippen molar-refractivity contribution in [1.29, 1.82) is 0 Å². The van der Waals surface area contributed by atoms with Gasteiger partial charge in [-0.05, 0) is 18.6 Å². The number of halogens is 2. The molecule has 4 heteroatoms. The molecule has 1 aromatic heterocycles. The van der Waals surface area contributed by atoms with Gasteiger partial charge in [0.2, 0.25) is 0 Å². The number of hydrogen-bond donors (Lipinski definition) is 1. The van der Waals surface area contributed by atoms with Crippen LogP contribution in [0.2, 0.25) is 10.2 Å². The summed E-state index contributed by atoms with van der Waals surface area (Å²) >= 11 is 11.7. The average molecular weight is 229 g/mol. The van der Waals surface area contributed by atoms with E-state index in [0.717, 1.165) is 5.56 Å². The summed E-state index contributed by atoms with van der Waals surface area (Å²) in [6, 6.07) is 1.83. The minimum Gasteiger partial charge on any atom is -0.302 e. The van der Waals surface area contributed by atoms with Crippen molar-refractivity contribution in [1.82, 2.24) is 10.3 Å². The molecule has 0 radical (unpaired) electrons. The summed E-state index contributed by atoms with van der Waals surface area (Å²) in [5.74, 6) is 5.70. The van der Waals surface area contributed by atoms with Gasteiger partial charge in [-0.15, -0.1) is 5.92 Å². The van der Waals surface area contributed by atoms with Gasteiger partial charge in [-0.25, -0.2) is 4.98 Å². The zero-order chi connectivity index (χ0) is 10.4. The minimum absolute atomic E-state index is 0.340. The highest BCUT2D eigenvalue weighted by atomic mass is 35.5. The summed E-state index contributed by atoms with van der Waals surface area (Å²) in [4.78, 5) is 3.86. The zero-order valence-electron chi connectivity index (χ0n) is 7.77. The maximum Gasteiger partial charge on any atom is 0.147 e. The normalized spacial score (nSPS) is 9.36. The third-order valence-corrected chi connectivity index (χ3v) is 2.44. The van der Waals surface area contributed by atoms with Crippen LogP contribution in [0, 0.1) is 11.8 Å². The molecule has 0 unspecified atom stereocenters. The van der Waals surface area contributed by atoms with E-state index >= 15 is 0 Å². The Morgan fingerprint density at radius 2 is 2.29 bits per heavy atom. The highest BCUT2D eigenvalue weighted by Gasteiger charge is 2.03. The molecule has 0 aromatic carbocycles. The lowest BCUT2D eigenvalue weighted by Gasteiger charge is -2.04. The number of nitrogens with zero attached hydrogens (tertiary/aromatic N) is 1. The van der Waals surface area contributed by atoms with Crippen LogP contribution in [0.5, 0.6) is 0 Å². The van der Waals surface area contributed by atoms with Gasteiger partial charge in [0, 0.05) is 12.7 Å². The Labute approximate surface area is 93.6 Å². The molecule has 2 nitrogen and oxygen atoms in total. The molecular formula is C10H10Cl2N2. The molecule has 1 aromatic rings. The molecule has 0 aliphatic carbocycles. The van der Waals surface area contributed by atoms with Crippen molar-refractivity contribution in [3.8, 4) is 11.8 Å². The smallest absolute Gasteiger partial charge is 0.147 e. The van der Waals surface area contributed by atoms with Gasteiger partial charge in [-0.3, -0.25) is 0 Å². The summed E-state index contributed by atoms with van der Waals surface area (Å²) < 4.78 is 0. The summed E-state index contributed by atoms with van der Waals surface area (Å²) in [6.45, 7) is 3.10. The maximum absolute atomic E-state index is 5.94. The van der Waals surface area contributed by atoms with Gasteiger partial charge >= 0.3 is 0 Å². The highest BCUT2D eigenvalue weighted by Crippen LogP contribution is 2.22. The van der Waals surface area contributed by atoms with Crippen LogP contribution in [0.15, 0.2) is 12.3 Å². The van der Waals surface area contributed by atoms with Crippen LogP contribution in [0.25, 0.3) is 0 Å². The van der Waals surface area contributed by atoms with Crippen LogP contribution in [0.3, 0.4) is 0 Å². The maximum atomic E-state index is 5.94. The molecule has 0 atom stereocenters. The Morgan fingerprint density at radius 3 is 3.00 bits per heavy atom. The first-order chi connectivity index (χ1) is 6.75. The Bertz CT molecular complexity index is 366. The zero-order valence-corrected chi connectivity index (χ0v) is 9.28. The predicted molar refractivity (Wildman–Crippen MR) is 59.4 cm³/mol. The molecular weight excluding hydrogens is 219 g/mol. The van der Waals surface area contributed by atoms with Crippen molar-refractivity contribution in [2.45, 2.75) is 13.5 Å². The van der Waals surface area contributed by atoms with E-state index in [1.807, 2.05) is 6.07 Å². The summed E-state index contributed by atoms with van der Waals surface area (Å²) in [6.07, 6.45) is 1.64. The van der Waals surface area contributed by atoms with Crippen LogP contribution < -0.4 is 5.32 Å². The second kappa shape index (κ2) is 5.87. The number of aromatic nitrogens is 1. The lowest BCUT2D eigenvalue weighted by atomic mass is 10.2. The quantitative estimate of drug-likeness (QED) is 0.489. The van der Waals surface area contributed by atoms with Crippen LogP contribution in [0.1, 0.15) is 12.5 Å². The van der Waals surface area contributed by atoms with E-state index in [-0.39, 0.29) is 0 Å². The summed E-state index contributed by atoms with van der Waals surface area (Å²) in [5, 5.41) is 3.97. The van der Waals surface area contributed by atoms with Gasteiger partial charge in [0.15, 0.2) is 0 Å². The van der Waals surface area contributed by atoms with Crippen LogP contribution in [-0.4, -0.2) is 11.5 Å². The van der Waals surface area contributed by atoms with Crippen molar-refractivity contribution in [2.75, 3.05) is 6.54 Å². The van der Waals surface area contributed by atoms with E-state index in [1.54, 1.807) is 13.1 Å². The molecule has 74 valence electrons. The van der Waals surface area contributed by atoms with Crippen molar-refractivity contribution >= 4 is 23.2 Å². The van der Waals surface area contributed by atoms with E-state index in [1.165, 1.54) is 0 Å². The third-order valence-electron chi connectivity index (χ3n) is 1.63. The van der Waals surface area contributed by atoms with E-state index in [4.69, 9.17) is 23.2 Å². The average Bonchev–Trinajstić information content (AvgIpc) is 2.19. The lowest BCUT2D eigenvalue weighted by molar-refractivity contribution is 0.769. The molecule has 0 fully saturated rings. The third kappa shape index (κ3) is 3.19. The first-order valence-electron chi connectivity index (χ1n) is 4.15. The van der Waals surface area contributed by atoms with Crippen molar-refractivity contribution in [3.63, 3.8) is 0 Å². The molecule has 0 amide bonds. The van der Waals surface area contributed by atoms with E-state index < -0.39 is 0 Å². The van der Waals surface area contributed by atoms with Crippen molar-refractivity contribution in [3.05, 3.63) is 28.0 Å². The molecule has 0 saturated carbocycles. The van der Waals surface area contributed by atoms with E-state index in [2.05, 4.69) is 22.1 Å². The molecule has 0 saturated heterocycles. The standard InChI is InChI=1S/C10H10Cl2N2/c1-2-3-5-13-7-8-4-6-14-10(12)9(8)11/h4,6,13H,5,7H2,1H3. The summed E-state index contributed by atoms with van der Waals surface area (Å²) in [5.41, 5.74) is 0.935. The molecule has 1 heterocycles. The Balaban J connectivity index is 2.57. The predicted octanol–water partition coefficient (Wildman–Crippen LogP) is 2.50.